The van der Waals surface area contributed by atoms with Gasteiger partial charge in [0.15, 0.2) is 5.82 Å². The van der Waals surface area contributed by atoms with Crippen molar-refractivity contribution >= 4 is 5.82 Å². The van der Waals surface area contributed by atoms with Gasteiger partial charge in [0.25, 0.3) is 5.56 Å². The molecule has 4 nitrogen and oxygen atoms in total. The zero-order chi connectivity index (χ0) is 8.39. The fourth-order valence-electron chi connectivity index (χ4n) is 1.04. The lowest BCUT2D eigenvalue weighted by atomic mass is 10.4. The molecule has 1 aliphatic carbocycles. The highest BCUT2D eigenvalue weighted by molar-refractivity contribution is 5.30. The van der Waals surface area contributed by atoms with E-state index in [4.69, 9.17) is 0 Å². The molecule has 0 unspecified atom stereocenters. The molecule has 0 bridgehead atoms. The van der Waals surface area contributed by atoms with Crippen LogP contribution in [0.4, 0.5) is 5.82 Å². The van der Waals surface area contributed by atoms with Crippen molar-refractivity contribution < 1.29 is 0 Å². The lowest BCUT2D eigenvalue weighted by molar-refractivity contribution is 0.877. The summed E-state index contributed by atoms with van der Waals surface area (Å²) in [5.74, 6) is 1.19. The molecular weight excluding hydrogens is 154 g/mol. The van der Waals surface area contributed by atoms with Gasteiger partial charge in [0, 0.05) is 18.9 Å². The lowest BCUT2D eigenvalue weighted by Gasteiger charge is -2.00. The maximum absolute atomic E-state index is 11.1. The van der Waals surface area contributed by atoms with Crippen LogP contribution in [0.5, 0.6) is 0 Å². The SMILES string of the molecule is O=c1[nH]ccnc1NCC1CC1. The molecular formula is C8H11N3O. The van der Waals surface area contributed by atoms with Crippen molar-refractivity contribution in [3.63, 3.8) is 0 Å². The van der Waals surface area contributed by atoms with Crippen LogP contribution < -0.4 is 10.9 Å². The van der Waals surface area contributed by atoms with Crippen LogP contribution >= 0.6 is 0 Å². The molecule has 1 saturated carbocycles. The van der Waals surface area contributed by atoms with Gasteiger partial charge in [0.05, 0.1) is 0 Å². The summed E-state index contributed by atoms with van der Waals surface area (Å²) in [6, 6.07) is 0. The van der Waals surface area contributed by atoms with Gasteiger partial charge in [-0.05, 0) is 18.8 Å². The zero-order valence-electron chi connectivity index (χ0n) is 6.71. The second-order valence-corrected chi connectivity index (χ2v) is 3.09. The van der Waals surface area contributed by atoms with Gasteiger partial charge < -0.3 is 10.3 Å². The number of anilines is 1. The molecule has 0 radical (unpaired) electrons. The maximum Gasteiger partial charge on any atom is 0.290 e. The monoisotopic (exact) mass is 165 g/mol. The van der Waals surface area contributed by atoms with Gasteiger partial charge in [0.1, 0.15) is 0 Å². The highest BCUT2D eigenvalue weighted by Crippen LogP contribution is 2.28. The Hall–Kier alpha value is -1.32. The average molecular weight is 165 g/mol. The molecule has 2 rings (SSSR count). The van der Waals surface area contributed by atoms with Crippen LogP contribution in [-0.4, -0.2) is 16.5 Å². The fraction of sp³-hybridized carbons (Fsp3) is 0.500. The molecule has 0 aliphatic heterocycles. The highest BCUT2D eigenvalue weighted by atomic mass is 16.1. The van der Waals surface area contributed by atoms with Crippen molar-refractivity contribution in [2.24, 2.45) is 5.92 Å². The molecule has 64 valence electrons. The van der Waals surface area contributed by atoms with Crippen LogP contribution in [0.25, 0.3) is 0 Å². The predicted octanol–water partition coefficient (Wildman–Crippen LogP) is 0.592. The normalized spacial score (nSPS) is 16.0. The van der Waals surface area contributed by atoms with E-state index in [-0.39, 0.29) is 5.56 Å². The van der Waals surface area contributed by atoms with E-state index in [0.29, 0.717) is 5.82 Å². The summed E-state index contributed by atoms with van der Waals surface area (Å²) < 4.78 is 0. The van der Waals surface area contributed by atoms with E-state index in [2.05, 4.69) is 15.3 Å². The first-order valence-electron chi connectivity index (χ1n) is 4.14. The molecule has 1 heterocycles. The van der Waals surface area contributed by atoms with E-state index in [1.165, 1.54) is 19.0 Å². The lowest BCUT2D eigenvalue weighted by Crippen LogP contribution is -2.16. The molecule has 0 spiro atoms. The summed E-state index contributed by atoms with van der Waals surface area (Å²) in [6.45, 7) is 0.875. The van der Waals surface area contributed by atoms with E-state index in [1.807, 2.05) is 0 Å². The Bertz CT molecular complexity index is 316. The van der Waals surface area contributed by atoms with Crippen molar-refractivity contribution in [1.29, 1.82) is 0 Å². The summed E-state index contributed by atoms with van der Waals surface area (Å²) in [7, 11) is 0. The summed E-state index contributed by atoms with van der Waals surface area (Å²) in [5, 5.41) is 3.02. The van der Waals surface area contributed by atoms with Crippen molar-refractivity contribution in [1.82, 2.24) is 9.97 Å². The zero-order valence-corrected chi connectivity index (χ0v) is 6.71. The molecule has 1 aliphatic rings. The van der Waals surface area contributed by atoms with Gasteiger partial charge in [-0.1, -0.05) is 0 Å². The number of hydrogen-bond acceptors (Lipinski definition) is 3. The Morgan fingerprint density at radius 1 is 1.67 bits per heavy atom. The number of aromatic nitrogens is 2. The molecule has 4 heteroatoms. The third-order valence-electron chi connectivity index (χ3n) is 1.96. The van der Waals surface area contributed by atoms with Gasteiger partial charge in [-0.3, -0.25) is 4.79 Å². The molecule has 0 amide bonds. The Labute approximate surface area is 70.0 Å². The molecule has 0 atom stereocenters. The summed E-state index contributed by atoms with van der Waals surface area (Å²) in [4.78, 5) is 17.6. The van der Waals surface area contributed by atoms with Gasteiger partial charge in [0.2, 0.25) is 0 Å². The van der Waals surface area contributed by atoms with E-state index >= 15 is 0 Å². The smallest absolute Gasteiger partial charge is 0.290 e. The van der Waals surface area contributed by atoms with Gasteiger partial charge in [-0.25, -0.2) is 4.98 Å². The molecule has 1 aromatic heterocycles. The van der Waals surface area contributed by atoms with Crippen LogP contribution in [0.2, 0.25) is 0 Å². The first-order valence-corrected chi connectivity index (χ1v) is 4.14. The second kappa shape index (κ2) is 2.97. The fourth-order valence-corrected chi connectivity index (χ4v) is 1.04. The summed E-state index contributed by atoms with van der Waals surface area (Å²) >= 11 is 0. The van der Waals surface area contributed by atoms with Crippen molar-refractivity contribution in [2.45, 2.75) is 12.8 Å². The molecule has 1 aromatic rings. The first kappa shape index (κ1) is 7.34. The minimum absolute atomic E-state index is 0.141. The standard InChI is InChI=1S/C8H11N3O/c12-8-7(9-3-4-10-8)11-5-6-1-2-6/h3-4,6H,1-2,5H2,(H,9,11)(H,10,12). The summed E-state index contributed by atoms with van der Waals surface area (Å²) in [5.41, 5.74) is -0.141. The van der Waals surface area contributed by atoms with E-state index in [0.717, 1.165) is 12.5 Å². The van der Waals surface area contributed by atoms with E-state index in [9.17, 15) is 4.79 Å². The minimum atomic E-state index is -0.141. The van der Waals surface area contributed by atoms with Gasteiger partial charge in [-0.15, -0.1) is 0 Å². The Morgan fingerprint density at radius 2 is 2.50 bits per heavy atom. The topological polar surface area (TPSA) is 57.8 Å². The van der Waals surface area contributed by atoms with Crippen molar-refractivity contribution in [2.75, 3.05) is 11.9 Å². The number of nitrogens with zero attached hydrogens (tertiary/aromatic N) is 1. The maximum atomic E-state index is 11.1. The average Bonchev–Trinajstić information content (AvgIpc) is 2.86. The largest absolute Gasteiger partial charge is 0.365 e. The van der Waals surface area contributed by atoms with Crippen molar-refractivity contribution in [3.8, 4) is 0 Å². The molecule has 0 aromatic carbocycles. The Morgan fingerprint density at radius 3 is 3.17 bits per heavy atom. The van der Waals surface area contributed by atoms with E-state index in [1.54, 1.807) is 6.20 Å². The van der Waals surface area contributed by atoms with Crippen LogP contribution in [0.3, 0.4) is 0 Å². The number of hydrogen-bond donors (Lipinski definition) is 2. The second-order valence-electron chi connectivity index (χ2n) is 3.09. The van der Waals surface area contributed by atoms with Crippen molar-refractivity contribution in [3.05, 3.63) is 22.7 Å². The molecule has 2 N–H and O–H groups in total. The van der Waals surface area contributed by atoms with E-state index < -0.39 is 0 Å². The number of H-pyrrole nitrogens is 1. The third-order valence-corrected chi connectivity index (χ3v) is 1.96. The molecule has 1 fully saturated rings. The summed E-state index contributed by atoms with van der Waals surface area (Å²) in [6.07, 6.45) is 5.66. The quantitative estimate of drug-likeness (QED) is 0.689. The Kier molecular flexibility index (Phi) is 1.81. The first-order chi connectivity index (χ1) is 5.86. The predicted molar refractivity (Wildman–Crippen MR) is 46.1 cm³/mol. The van der Waals surface area contributed by atoms with Crippen LogP contribution in [0.1, 0.15) is 12.8 Å². The molecule has 0 saturated heterocycles. The number of rotatable bonds is 3. The Balaban J connectivity index is 2.01. The number of nitrogens with one attached hydrogen (secondary N) is 2. The third kappa shape index (κ3) is 1.64. The van der Waals surface area contributed by atoms with Gasteiger partial charge >= 0.3 is 0 Å². The van der Waals surface area contributed by atoms with Crippen LogP contribution in [0, 0.1) is 5.92 Å². The van der Waals surface area contributed by atoms with Gasteiger partial charge in [-0.2, -0.15) is 0 Å². The van der Waals surface area contributed by atoms with Crippen LogP contribution in [0.15, 0.2) is 17.2 Å². The number of aromatic amines is 1. The van der Waals surface area contributed by atoms with Crippen LogP contribution in [-0.2, 0) is 0 Å². The minimum Gasteiger partial charge on any atom is -0.365 e. The highest BCUT2D eigenvalue weighted by Gasteiger charge is 2.20. The molecule has 12 heavy (non-hydrogen) atoms.